The Morgan fingerprint density at radius 2 is 1.06 bits per heavy atom. The molecular weight excluding hydrogens is 702 g/mol. The van der Waals surface area contributed by atoms with Gasteiger partial charge in [-0.05, 0) is 37.1 Å². The summed E-state index contributed by atoms with van der Waals surface area (Å²) in [7, 11) is 2.43. The summed E-state index contributed by atoms with van der Waals surface area (Å²) < 4.78 is 42.6. The minimum atomic E-state index is -0.865. The fourth-order valence-electron chi connectivity index (χ4n) is 4.82. The number of phenolic OH excluding ortho intramolecular Hbond substituents is 2. The number of carbonyl (C=O) groups is 2. The molecule has 0 amide bonds. The average molecular weight is 750 g/mol. The minimum Gasteiger partial charge on any atom is -0.507 e. The Hall–Kier alpha value is -5.67. The maximum atomic E-state index is 11.8. The van der Waals surface area contributed by atoms with Crippen molar-refractivity contribution in [1.82, 2.24) is 15.0 Å². The van der Waals surface area contributed by atoms with E-state index in [1.807, 2.05) is 44.2 Å². The van der Waals surface area contributed by atoms with Gasteiger partial charge >= 0.3 is 12.3 Å². The zero-order valence-corrected chi connectivity index (χ0v) is 30.9. The van der Waals surface area contributed by atoms with Crippen LogP contribution in [0.15, 0.2) is 66.7 Å². The summed E-state index contributed by atoms with van der Waals surface area (Å²) in [4.78, 5) is 37.4. The van der Waals surface area contributed by atoms with E-state index in [4.69, 9.17) is 28.4 Å². The lowest BCUT2D eigenvalue weighted by Crippen LogP contribution is -2.30. The van der Waals surface area contributed by atoms with Crippen LogP contribution >= 0.6 is 0 Å². The van der Waals surface area contributed by atoms with Crippen LogP contribution in [0.25, 0.3) is 34.2 Å². The fourth-order valence-corrected chi connectivity index (χ4v) is 4.82. The number of aromatic hydroxyl groups is 2. The molecule has 4 aromatic rings. The van der Waals surface area contributed by atoms with Crippen molar-refractivity contribution in [3.05, 3.63) is 66.7 Å². The highest BCUT2D eigenvalue weighted by Crippen LogP contribution is 2.35. The lowest BCUT2D eigenvalue weighted by molar-refractivity contribution is -0.0269. The second-order valence-electron chi connectivity index (χ2n) is 11.9. The van der Waals surface area contributed by atoms with E-state index in [1.165, 1.54) is 26.4 Å². The Kier molecular flexibility index (Phi) is 16.6. The number of benzene rings is 3. The van der Waals surface area contributed by atoms with Gasteiger partial charge in [-0.3, -0.25) is 0 Å². The van der Waals surface area contributed by atoms with E-state index in [1.54, 1.807) is 24.3 Å². The van der Waals surface area contributed by atoms with Gasteiger partial charge in [0, 0.05) is 30.9 Å². The Labute approximate surface area is 314 Å². The Morgan fingerprint density at radius 3 is 1.46 bits per heavy atom. The number of unbranched alkanes of at least 4 members (excludes halogenated alkanes) is 2. The molecule has 54 heavy (non-hydrogen) atoms. The van der Waals surface area contributed by atoms with Crippen LogP contribution < -0.4 is 9.47 Å². The second-order valence-corrected chi connectivity index (χ2v) is 11.9. The Balaban J connectivity index is 1.56. The van der Waals surface area contributed by atoms with E-state index in [-0.39, 0.29) is 60.7 Å². The topological polar surface area (TPSA) is 187 Å². The SMILES string of the molecule is CCCCOCC(COc1ccc(-c2nc(-c3ccccc3)nc(-c3ccc(OCC(COCCCC)OC(=O)OC)cc3O)n2)c(O)c1)OC(=O)OC. The first-order valence-corrected chi connectivity index (χ1v) is 17.6. The molecule has 0 bridgehead atoms. The summed E-state index contributed by atoms with van der Waals surface area (Å²) in [5.41, 5.74) is 1.22. The van der Waals surface area contributed by atoms with Crippen LogP contribution in [0.2, 0.25) is 0 Å². The first-order chi connectivity index (χ1) is 26.2. The molecule has 15 nitrogen and oxygen atoms in total. The predicted molar refractivity (Wildman–Crippen MR) is 196 cm³/mol. The normalized spacial score (nSPS) is 12.0. The molecule has 0 saturated heterocycles. The van der Waals surface area contributed by atoms with Gasteiger partial charge in [0.05, 0.1) is 38.6 Å². The van der Waals surface area contributed by atoms with Crippen LogP contribution in [0.4, 0.5) is 9.59 Å². The number of aromatic nitrogens is 3. The van der Waals surface area contributed by atoms with Gasteiger partial charge in [0.1, 0.15) is 36.2 Å². The number of methoxy groups -OCH3 is 2. The third kappa shape index (κ3) is 12.8. The Bertz CT molecular complexity index is 1670. The summed E-state index contributed by atoms with van der Waals surface area (Å²) >= 11 is 0. The monoisotopic (exact) mass is 749 g/mol. The molecule has 0 saturated carbocycles. The van der Waals surface area contributed by atoms with Crippen LogP contribution in [0, 0.1) is 0 Å². The smallest absolute Gasteiger partial charge is 0.507 e. The van der Waals surface area contributed by atoms with E-state index in [2.05, 4.69) is 24.4 Å². The molecule has 2 unspecified atom stereocenters. The molecule has 3 aromatic carbocycles. The zero-order valence-electron chi connectivity index (χ0n) is 30.9. The summed E-state index contributed by atoms with van der Waals surface area (Å²) in [6, 6.07) is 18.4. The molecule has 0 aliphatic carbocycles. The van der Waals surface area contributed by atoms with Crippen molar-refractivity contribution in [1.29, 1.82) is 0 Å². The molecule has 15 heteroatoms. The number of carbonyl (C=O) groups excluding carboxylic acids is 2. The van der Waals surface area contributed by atoms with Crippen molar-refractivity contribution in [3.8, 4) is 57.2 Å². The molecule has 1 aromatic heterocycles. The van der Waals surface area contributed by atoms with Crippen molar-refractivity contribution < 1.29 is 57.7 Å². The highest BCUT2D eigenvalue weighted by molar-refractivity contribution is 5.72. The van der Waals surface area contributed by atoms with E-state index < -0.39 is 24.5 Å². The molecule has 0 spiro atoms. The number of hydrogen-bond donors (Lipinski definition) is 2. The van der Waals surface area contributed by atoms with Gasteiger partial charge < -0.3 is 48.1 Å². The zero-order chi connectivity index (χ0) is 38.7. The highest BCUT2D eigenvalue weighted by atomic mass is 16.7. The summed E-state index contributed by atoms with van der Waals surface area (Å²) in [5, 5.41) is 22.3. The van der Waals surface area contributed by atoms with Crippen molar-refractivity contribution in [2.75, 3.05) is 53.9 Å². The molecule has 1 heterocycles. The number of hydrogen-bond acceptors (Lipinski definition) is 15. The summed E-state index contributed by atoms with van der Waals surface area (Å²) in [6.45, 7) is 5.19. The molecule has 290 valence electrons. The van der Waals surface area contributed by atoms with Gasteiger partial charge in [0.2, 0.25) is 0 Å². The minimum absolute atomic E-state index is 0.0568. The molecule has 2 N–H and O–H groups in total. The van der Waals surface area contributed by atoms with E-state index in [9.17, 15) is 19.8 Å². The maximum Gasteiger partial charge on any atom is 0.508 e. The largest absolute Gasteiger partial charge is 0.508 e. The van der Waals surface area contributed by atoms with Gasteiger partial charge in [0.25, 0.3) is 0 Å². The maximum absolute atomic E-state index is 11.8. The molecular formula is C39H47N3O12. The standard InChI is InChI=1S/C39H47N3O12/c1-5-7-18-49-22-29(53-38(45)47-3)24-51-27-14-16-31(33(43)20-27)36-40-35(26-12-10-9-11-13-26)41-37(42-36)32-17-15-28(21-34(32)44)52-25-30(54-39(46)48-4)23-50-19-8-6-2/h9-17,20-21,29-30,43-44H,5-8,18-19,22-25H2,1-4H3. The summed E-state index contributed by atoms with van der Waals surface area (Å²) in [6.07, 6.45) is 0.393. The van der Waals surface area contributed by atoms with Crippen LogP contribution in [0.5, 0.6) is 23.0 Å². The van der Waals surface area contributed by atoms with Crippen molar-refractivity contribution in [3.63, 3.8) is 0 Å². The van der Waals surface area contributed by atoms with Crippen LogP contribution in [0.1, 0.15) is 39.5 Å². The van der Waals surface area contributed by atoms with Crippen molar-refractivity contribution >= 4 is 12.3 Å². The highest BCUT2D eigenvalue weighted by Gasteiger charge is 2.21. The van der Waals surface area contributed by atoms with E-state index >= 15 is 0 Å². The lowest BCUT2D eigenvalue weighted by Gasteiger charge is -2.18. The summed E-state index contributed by atoms with van der Waals surface area (Å²) in [5.74, 6) is 0.759. The van der Waals surface area contributed by atoms with Crippen LogP contribution in [-0.2, 0) is 28.4 Å². The second kappa shape index (κ2) is 21.8. The number of ether oxygens (including phenoxy) is 8. The van der Waals surface area contributed by atoms with Crippen molar-refractivity contribution in [2.24, 2.45) is 0 Å². The molecule has 0 fully saturated rings. The van der Waals surface area contributed by atoms with Gasteiger partial charge in [-0.25, -0.2) is 24.5 Å². The van der Waals surface area contributed by atoms with Gasteiger partial charge in [-0.1, -0.05) is 57.0 Å². The van der Waals surface area contributed by atoms with Crippen molar-refractivity contribution in [2.45, 2.75) is 51.7 Å². The first-order valence-electron chi connectivity index (χ1n) is 17.6. The third-order valence-electron chi connectivity index (χ3n) is 7.71. The van der Waals surface area contributed by atoms with Gasteiger partial charge in [0.15, 0.2) is 29.7 Å². The third-order valence-corrected chi connectivity index (χ3v) is 7.71. The van der Waals surface area contributed by atoms with E-state index in [0.29, 0.717) is 36.1 Å². The lowest BCUT2D eigenvalue weighted by atomic mass is 10.1. The number of nitrogens with zero attached hydrogens (tertiary/aromatic N) is 3. The van der Waals surface area contributed by atoms with Gasteiger partial charge in [-0.2, -0.15) is 0 Å². The van der Waals surface area contributed by atoms with Crippen LogP contribution in [-0.4, -0.2) is 104 Å². The number of phenols is 2. The Morgan fingerprint density at radius 1 is 0.611 bits per heavy atom. The predicted octanol–water partition coefficient (Wildman–Crippen LogP) is 6.98. The molecule has 4 rings (SSSR count). The molecule has 0 aliphatic rings. The molecule has 2 atom stereocenters. The quantitative estimate of drug-likeness (QED) is 0.0656. The van der Waals surface area contributed by atoms with E-state index in [0.717, 1.165) is 25.7 Å². The number of rotatable bonds is 21. The fraction of sp³-hybridized carbons (Fsp3) is 0.410. The molecule has 0 aliphatic heterocycles. The van der Waals surface area contributed by atoms with Crippen LogP contribution in [0.3, 0.4) is 0 Å². The van der Waals surface area contributed by atoms with Gasteiger partial charge in [-0.15, -0.1) is 0 Å². The first kappa shape index (κ1) is 41.1. The molecule has 0 radical (unpaired) electrons. The average Bonchev–Trinajstić information content (AvgIpc) is 3.19.